The lowest BCUT2D eigenvalue weighted by Gasteiger charge is -2.33. The fourth-order valence-corrected chi connectivity index (χ4v) is 1.81. The molecule has 1 rings (SSSR count). The topological polar surface area (TPSA) is 40.5 Å². The van der Waals surface area contributed by atoms with Crippen LogP contribution in [0.2, 0.25) is 0 Å². The Kier molecular flexibility index (Phi) is 4.14. The molecule has 1 saturated heterocycles. The van der Waals surface area contributed by atoms with Crippen molar-refractivity contribution in [1.82, 2.24) is 4.90 Å². The Labute approximate surface area is 85.4 Å². The smallest absolute Gasteiger partial charge is 0.246 e. The number of amides is 1. The Morgan fingerprint density at radius 2 is 2.21 bits per heavy atom. The molecule has 0 saturated carbocycles. The van der Waals surface area contributed by atoms with Crippen LogP contribution < -0.4 is 0 Å². The monoisotopic (exact) mass is 197 g/mol. The first-order chi connectivity index (χ1) is 6.65. The number of aliphatic hydroxyl groups excluding tert-OH is 1. The summed E-state index contributed by atoms with van der Waals surface area (Å²) in [6, 6.07) is 0.0341. The van der Waals surface area contributed by atoms with E-state index in [2.05, 4.69) is 0 Å². The molecule has 1 aliphatic heterocycles. The van der Waals surface area contributed by atoms with E-state index < -0.39 is 0 Å². The van der Waals surface area contributed by atoms with Gasteiger partial charge in [-0.25, -0.2) is 0 Å². The number of nitrogens with zero attached hydrogens (tertiary/aromatic N) is 1. The first-order valence-corrected chi connectivity index (χ1v) is 5.21. The van der Waals surface area contributed by atoms with E-state index in [4.69, 9.17) is 5.11 Å². The summed E-state index contributed by atoms with van der Waals surface area (Å²) in [4.78, 5) is 13.5. The van der Waals surface area contributed by atoms with Crippen molar-refractivity contribution in [2.75, 3.05) is 13.2 Å². The standard InChI is InChI=1S/C11H19NO2/c1-9(2)7-11(14)12-6-4-3-5-10(12)8-13/h7,10,13H,3-6,8H2,1-2H3. The van der Waals surface area contributed by atoms with Crippen molar-refractivity contribution in [2.45, 2.75) is 39.2 Å². The molecule has 3 nitrogen and oxygen atoms in total. The van der Waals surface area contributed by atoms with Gasteiger partial charge in [-0.05, 0) is 33.1 Å². The van der Waals surface area contributed by atoms with Gasteiger partial charge in [-0.3, -0.25) is 4.79 Å². The van der Waals surface area contributed by atoms with Crippen molar-refractivity contribution in [3.63, 3.8) is 0 Å². The third-order valence-electron chi connectivity index (χ3n) is 2.53. The highest BCUT2D eigenvalue weighted by Crippen LogP contribution is 2.17. The summed E-state index contributed by atoms with van der Waals surface area (Å²) >= 11 is 0. The molecule has 1 unspecified atom stereocenters. The van der Waals surface area contributed by atoms with E-state index in [0.717, 1.165) is 31.4 Å². The van der Waals surface area contributed by atoms with Crippen molar-refractivity contribution < 1.29 is 9.90 Å². The molecule has 0 bridgehead atoms. The Balaban J connectivity index is 2.63. The zero-order valence-corrected chi connectivity index (χ0v) is 8.99. The lowest BCUT2D eigenvalue weighted by molar-refractivity contribution is -0.130. The minimum Gasteiger partial charge on any atom is -0.394 e. The number of hydrogen-bond donors (Lipinski definition) is 1. The lowest BCUT2D eigenvalue weighted by Crippen LogP contribution is -2.45. The maximum atomic E-state index is 11.7. The van der Waals surface area contributed by atoms with Gasteiger partial charge in [-0.2, -0.15) is 0 Å². The maximum Gasteiger partial charge on any atom is 0.246 e. The molecule has 0 aromatic heterocycles. The highest BCUT2D eigenvalue weighted by atomic mass is 16.3. The van der Waals surface area contributed by atoms with Crippen molar-refractivity contribution in [3.8, 4) is 0 Å². The van der Waals surface area contributed by atoms with Gasteiger partial charge in [0.15, 0.2) is 0 Å². The van der Waals surface area contributed by atoms with Gasteiger partial charge in [0.05, 0.1) is 12.6 Å². The first kappa shape index (κ1) is 11.2. The van der Waals surface area contributed by atoms with Gasteiger partial charge in [-0.1, -0.05) is 5.57 Å². The molecule has 80 valence electrons. The molecule has 3 heteroatoms. The van der Waals surface area contributed by atoms with Crippen LogP contribution in [0.25, 0.3) is 0 Å². The number of allylic oxidation sites excluding steroid dienone is 1. The van der Waals surface area contributed by atoms with E-state index >= 15 is 0 Å². The van der Waals surface area contributed by atoms with Gasteiger partial charge in [0, 0.05) is 12.6 Å². The van der Waals surface area contributed by atoms with Crippen LogP contribution in [0.4, 0.5) is 0 Å². The maximum absolute atomic E-state index is 11.7. The molecule has 0 radical (unpaired) electrons. The lowest BCUT2D eigenvalue weighted by atomic mass is 10.0. The molecule has 0 spiro atoms. The van der Waals surface area contributed by atoms with E-state index in [-0.39, 0.29) is 18.6 Å². The van der Waals surface area contributed by atoms with Gasteiger partial charge < -0.3 is 10.0 Å². The largest absolute Gasteiger partial charge is 0.394 e. The summed E-state index contributed by atoms with van der Waals surface area (Å²) in [6.07, 6.45) is 4.75. The zero-order chi connectivity index (χ0) is 10.6. The van der Waals surface area contributed by atoms with E-state index in [0.29, 0.717) is 0 Å². The second kappa shape index (κ2) is 5.15. The van der Waals surface area contributed by atoms with Crippen molar-refractivity contribution >= 4 is 5.91 Å². The molecule has 1 amide bonds. The van der Waals surface area contributed by atoms with Crippen molar-refractivity contribution in [1.29, 1.82) is 0 Å². The second-order valence-corrected chi connectivity index (χ2v) is 4.09. The second-order valence-electron chi connectivity index (χ2n) is 4.09. The molecule has 1 heterocycles. The Morgan fingerprint density at radius 3 is 2.79 bits per heavy atom. The minimum atomic E-state index is 0.0341. The van der Waals surface area contributed by atoms with Crippen molar-refractivity contribution in [2.24, 2.45) is 0 Å². The number of aliphatic hydroxyl groups is 1. The van der Waals surface area contributed by atoms with Crippen LogP contribution in [-0.4, -0.2) is 35.1 Å². The Hall–Kier alpha value is -0.830. The average molecular weight is 197 g/mol. The number of hydrogen-bond acceptors (Lipinski definition) is 2. The summed E-state index contributed by atoms with van der Waals surface area (Å²) in [6.45, 7) is 4.70. The van der Waals surface area contributed by atoms with Gasteiger partial charge >= 0.3 is 0 Å². The molecule has 0 aromatic carbocycles. The summed E-state index contributed by atoms with van der Waals surface area (Å²) in [5.74, 6) is 0.0451. The van der Waals surface area contributed by atoms with Crippen LogP contribution in [-0.2, 0) is 4.79 Å². The number of rotatable bonds is 2. The van der Waals surface area contributed by atoms with Crippen LogP contribution in [0.15, 0.2) is 11.6 Å². The van der Waals surface area contributed by atoms with Crippen LogP contribution in [0, 0.1) is 0 Å². The first-order valence-electron chi connectivity index (χ1n) is 5.21. The van der Waals surface area contributed by atoms with E-state index in [1.54, 1.807) is 11.0 Å². The third kappa shape index (κ3) is 2.84. The number of carbonyl (C=O) groups is 1. The number of carbonyl (C=O) groups excluding carboxylic acids is 1. The van der Waals surface area contributed by atoms with E-state index in [1.807, 2.05) is 13.8 Å². The zero-order valence-electron chi connectivity index (χ0n) is 8.99. The summed E-state index contributed by atoms with van der Waals surface area (Å²) in [5, 5.41) is 9.13. The summed E-state index contributed by atoms with van der Waals surface area (Å²) in [7, 11) is 0. The average Bonchev–Trinajstić information content (AvgIpc) is 2.16. The molecule has 0 aliphatic carbocycles. The molecule has 1 atom stereocenters. The Morgan fingerprint density at radius 1 is 1.50 bits per heavy atom. The third-order valence-corrected chi connectivity index (χ3v) is 2.53. The summed E-state index contributed by atoms with van der Waals surface area (Å²) in [5.41, 5.74) is 1.01. The predicted octanol–water partition coefficient (Wildman–Crippen LogP) is 1.33. The van der Waals surface area contributed by atoms with E-state index in [9.17, 15) is 4.79 Å². The highest BCUT2D eigenvalue weighted by Gasteiger charge is 2.24. The van der Waals surface area contributed by atoms with Gasteiger partial charge in [0.25, 0.3) is 0 Å². The predicted molar refractivity (Wildman–Crippen MR) is 55.9 cm³/mol. The van der Waals surface area contributed by atoms with Crippen LogP contribution in [0.5, 0.6) is 0 Å². The molecule has 1 fully saturated rings. The molecule has 14 heavy (non-hydrogen) atoms. The Bertz CT molecular complexity index is 231. The number of piperidine rings is 1. The van der Waals surface area contributed by atoms with Gasteiger partial charge in [0.1, 0.15) is 0 Å². The molecular weight excluding hydrogens is 178 g/mol. The fourth-order valence-electron chi connectivity index (χ4n) is 1.81. The van der Waals surface area contributed by atoms with Crippen LogP contribution in [0.1, 0.15) is 33.1 Å². The minimum absolute atomic E-state index is 0.0341. The molecule has 1 N–H and O–H groups in total. The number of likely N-dealkylation sites (tertiary alicyclic amines) is 1. The quantitative estimate of drug-likeness (QED) is 0.678. The highest BCUT2D eigenvalue weighted by molar-refractivity contribution is 5.88. The van der Waals surface area contributed by atoms with Gasteiger partial charge in [0.2, 0.25) is 5.91 Å². The van der Waals surface area contributed by atoms with E-state index in [1.165, 1.54) is 0 Å². The molecular formula is C11H19NO2. The van der Waals surface area contributed by atoms with Crippen LogP contribution >= 0.6 is 0 Å². The van der Waals surface area contributed by atoms with Crippen molar-refractivity contribution in [3.05, 3.63) is 11.6 Å². The molecule has 0 aromatic rings. The SMILES string of the molecule is CC(C)=CC(=O)N1CCCCC1CO. The van der Waals surface area contributed by atoms with Gasteiger partial charge in [-0.15, -0.1) is 0 Å². The fraction of sp³-hybridized carbons (Fsp3) is 0.727. The summed E-state index contributed by atoms with van der Waals surface area (Å²) < 4.78 is 0. The normalized spacial score (nSPS) is 21.9. The van der Waals surface area contributed by atoms with Crippen LogP contribution in [0.3, 0.4) is 0 Å². The molecule has 1 aliphatic rings.